The lowest BCUT2D eigenvalue weighted by Crippen LogP contribution is -2.15. The summed E-state index contributed by atoms with van der Waals surface area (Å²) in [4.78, 5) is 24.8. The summed E-state index contributed by atoms with van der Waals surface area (Å²) in [5.74, 6) is -0.857. The van der Waals surface area contributed by atoms with Gasteiger partial charge in [-0.2, -0.15) is 5.10 Å². The number of rotatable bonds is 8. The molecule has 0 spiro atoms. The molecule has 28 heavy (non-hydrogen) atoms. The topological polar surface area (TPSA) is 86.2 Å². The number of benzene rings is 1. The van der Waals surface area contributed by atoms with Gasteiger partial charge in [-0.3, -0.25) is 9.89 Å². The molecule has 0 unspecified atom stereocenters. The maximum atomic E-state index is 12.5. The molecule has 0 radical (unpaired) electrons. The third kappa shape index (κ3) is 4.20. The Labute approximate surface area is 163 Å². The van der Waals surface area contributed by atoms with Gasteiger partial charge in [-0.15, -0.1) is 0 Å². The normalized spacial score (nSPS) is 10.8. The molecule has 146 valence electrons. The van der Waals surface area contributed by atoms with E-state index in [1.54, 1.807) is 13.2 Å². The first kappa shape index (κ1) is 19.6. The molecule has 2 aromatic heterocycles. The van der Waals surface area contributed by atoms with Crippen LogP contribution in [0.2, 0.25) is 0 Å². The summed E-state index contributed by atoms with van der Waals surface area (Å²) in [6.07, 6.45) is 0. The average Bonchev–Trinajstić information content (AvgIpc) is 3.30. The summed E-state index contributed by atoms with van der Waals surface area (Å²) in [5, 5.41) is 6.79. The third-order valence-corrected chi connectivity index (χ3v) is 4.59. The zero-order valence-corrected chi connectivity index (χ0v) is 16.2. The number of aromatic amines is 1. The van der Waals surface area contributed by atoms with Crippen LogP contribution in [-0.4, -0.2) is 46.8 Å². The molecule has 1 N–H and O–H groups in total. The van der Waals surface area contributed by atoms with Gasteiger partial charge in [0.1, 0.15) is 5.69 Å². The standard InChI is InChI=1S/C21H23N3O4/c1-14-11-17(15(2)24(14)9-10-27-3)20(25)13-28-21(26)19-12-18(22-23-19)16-7-5-4-6-8-16/h4-8,11-12H,9-10,13H2,1-3H3,(H,22,23). The summed E-state index contributed by atoms with van der Waals surface area (Å²) < 4.78 is 12.3. The molecule has 0 fully saturated rings. The first-order valence-electron chi connectivity index (χ1n) is 8.98. The summed E-state index contributed by atoms with van der Waals surface area (Å²) in [6, 6.07) is 12.9. The van der Waals surface area contributed by atoms with Gasteiger partial charge in [-0.25, -0.2) is 4.79 Å². The predicted octanol–water partition coefficient (Wildman–Crippen LogP) is 3.18. The monoisotopic (exact) mass is 381 g/mol. The van der Waals surface area contributed by atoms with Gasteiger partial charge in [0.25, 0.3) is 0 Å². The van der Waals surface area contributed by atoms with Crippen LogP contribution in [0.15, 0.2) is 42.5 Å². The van der Waals surface area contributed by atoms with Crippen molar-refractivity contribution < 1.29 is 19.1 Å². The highest BCUT2D eigenvalue weighted by molar-refractivity contribution is 6.00. The highest BCUT2D eigenvalue weighted by atomic mass is 16.5. The number of Topliss-reactive ketones (excluding diaryl/α,β-unsaturated/α-hetero) is 1. The van der Waals surface area contributed by atoms with Crippen LogP contribution in [0.1, 0.15) is 32.2 Å². The minimum absolute atomic E-state index is 0.206. The third-order valence-electron chi connectivity index (χ3n) is 4.59. The molecule has 3 rings (SSSR count). The second-order valence-electron chi connectivity index (χ2n) is 6.46. The number of aryl methyl sites for hydroxylation is 1. The van der Waals surface area contributed by atoms with Crippen LogP contribution in [-0.2, 0) is 16.0 Å². The second-order valence-corrected chi connectivity index (χ2v) is 6.46. The number of carbonyl (C=O) groups is 2. The van der Waals surface area contributed by atoms with E-state index < -0.39 is 5.97 Å². The van der Waals surface area contributed by atoms with Crippen molar-refractivity contribution >= 4 is 11.8 Å². The van der Waals surface area contributed by atoms with Crippen LogP contribution in [0.4, 0.5) is 0 Å². The van der Waals surface area contributed by atoms with Gasteiger partial charge in [0.15, 0.2) is 6.61 Å². The fraction of sp³-hybridized carbons (Fsp3) is 0.286. The Kier molecular flexibility index (Phi) is 6.06. The second kappa shape index (κ2) is 8.67. The Morgan fingerprint density at radius 3 is 2.61 bits per heavy atom. The highest BCUT2D eigenvalue weighted by Crippen LogP contribution is 2.18. The molecule has 1 aromatic carbocycles. The molecule has 0 aliphatic rings. The molecule has 0 aliphatic carbocycles. The van der Waals surface area contributed by atoms with Crippen LogP contribution in [0.25, 0.3) is 11.3 Å². The number of hydrogen-bond acceptors (Lipinski definition) is 5. The fourth-order valence-corrected chi connectivity index (χ4v) is 3.08. The number of hydrogen-bond donors (Lipinski definition) is 1. The van der Waals surface area contributed by atoms with Crippen LogP contribution in [0.3, 0.4) is 0 Å². The molecule has 0 saturated carbocycles. The number of carbonyl (C=O) groups excluding carboxylic acids is 2. The average molecular weight is 381 g/mol. The summed E-state index contributed by atoms with van der Waals surface area (Å²) >= 11 is 0. The lowest BCUT2D eigenvalue weighted by Gasteiger charge is -2.08. The molecule has 7 heteroatoms. The summed E-state index contributed by atoms with van der Waals surface area (Å²) in [6.45, 7) is 4.70. The van der Waals surface area contributed by atoms with Gasteiger partial charge in [-0.05, 0) is 26.0 Å². The van der Waals surface area contributed by atoms with E-state index >= 15 is 0 Å². The van der Waals surface area contributed by atoms with E-state index in [-0.39, 0.29) is 18.1 Å². The highest BCUT2D eigenvalue weighted by Gasteiger charge is 2.19. The molecule has 3 aromatic rings. The van der Waals surface area contributed by atoms with Crippen molar-refractivity contribution in [1.29, 1.82) is 0 Å². The summed E-state index contributed by atoms with van der Waals surface area (Å²) in [7, 11) is 1.64. The minimum atomic E-state index is -0.615. The Morgan fingerprint density at radius 1 is 1.14 bits per heavy atom. The molecule has 0 aliphatic heterocycles. The predicted molar refractivity (Wildman–Crippen MR) is 104 cm³/mol. The number of aromatic nitrogens is 3. The van der Waals surface area contributed by atoms with Crippen LogP contribution in [0.5, 0.6) is 0 Å². The largest absolute Gasteiger partial charge is 0.453 e. The van der Waals surface area contributed by atoms with Crippen molar-refractivity contribution in [1.82, 2.24) is 14.8 Å². The van der Waals surface area contributed by atoms with Gasteiger partial charge in [-0.1, -0.05) is 30.3 Å². The Morgan fingerprint density at radius 2 is 1.89 bits per heavy atom. The van der Waals surface area contributed by atoms with Gasteiger partial charge >= 0.3 is 5.97 Å². The number of H-pyrrole nitrogens is 1. The van der Waals surface area contributed by atoms with Crippen molar-refractivity contribution in [3.05, 3.63) is 65.1 Å². The molecular weight excluding hydrogens is 358 g/mol. The number of nitrogens with zero attached hydrogens (tertiary/aromatic N) is 2. The van der Waals surface area contributed by atoms with Crippen molar-refractivity contribution in [2.45, 2.75) is 20.4 Å². The van der Waals surface area contributed by atoms with E-state index in [1.165, 1.54) is 0 Å². The Bertz CT molecular complexity index is 973. The quantitative estimate of drug-likeness (QED) is 0.478. The maximum Gasteiger partial charge on any atom is 0.356 e. The lowest BCUT2D eigenvalue weighted by molar-refractivity contribution is 0.0468. The SMILES string of the molecule is COCCn1c(C)cc(C(=O)COC(=O)c2cc(-c3ccccc3)n[nH]2)c1C. The van der Waals surface area contributed by atoms with Gasteiger partial charge in [0.05, 0.1) is 12.3 Å². The number of esters is 1. The van der Waals surface area contributed by atoms with Gasteiger partial charge in [0.2, 0.25) is 5.78 Å². The van der Waals surface area contributed by atoms with E-state index in [2.05, 4.69) is 10.2 Å². The van der Waals surface area contributed by atoms with Crippen molar-refractivity contribution in [3.8, 4) is 11.3 Å². The number of methoxy groups -OCH3 is 1. The molecule has 0 saturated heterocycles. The number of ketones is 1. The van der Waals surface area contributed by atoms with Crippen LogP contribution < -0.4 is 0 Å². The van der Waals surface area contributed by atoms with Gasteiger partial charge in [0, 0.05) is 36.2 Å². The Balaban J connectivity index is 1.64. The zero-order valence-electron chi connectivity index (χ0n) is 16.2. The van der Waals surface area contributed by atoms with Crippen molar-refractivity contribution in [3.63, 3.8) is 0 Å². The summed E-state index contributed by atoms with van der Waals surface area (Å²) in [5.41, 5.74) is 4.08. The van der Waals surface area contributed by atoms with E-state index in [4.69, 9.17) is 9.47 Å². The van der Waals surface area contributed by atoms with Crippen LogP contribution >= 0.6 is 0 Å². The number of nitrogens with one attached hydrogen (secondary N) is 1. The fourth-order valence-electron chi connectivity index (χ4n) is 3.08. The van der Waals surface area contributed by atoms with E-state index in [1.807, 2.05) is 54.8 Å². The van der Waals surface area contributed by atoms with Crippen molar-refractivity contribution in [2.24, 2.45) is 0 Å². The van der Waals surface area contributed by atoms with Crippen molar-refractivity contribution in [2.75, 3.05) is 20.3 Å². The van der Waals surface area contributed by atoms with E-state index in [0.29, 0.717) is 24.4 Å². The molecule has 7 nitrogen and oxygen atoms in total. The molecule has 2 heterocycles. The lowest BCUT2D eigenvalue weighted by atomic mass is 10.1. The molecule has 0 amide bonds. The smallest absolute Gasteiger partial charge is 0.356 e. The van der Waals surface area contributed by atoms with Gasteiger partial charge < -0.3 is 14.0 Å². The molecule has 0 atom stereocenters. The zero-order chi connectivity index (χ0) is 20.1. The first-order chi connectivity index (χ1) is 13.5. The van der Waals surface area contributed by atoms with E-state index in [9.17, 15) is 9.59 Å². The van der Waals surface area contributed by atoms with E-state index in [0.717, 1.165) is 17.0 Å². The van der Waals surface area contributed by atoms with Crippen LogP contribution in [0, 0.1) is 13.8 Å². The Hall–Kier alpha value is -3.19. The molecule has 0 bridgehead atoms. The first-order valence-corrected chi connectivity index (χ1v) is 8.98. The maximum absolute atomic E-state index is 12.5. The minimum Gasteiger partial charge on any atom is -0.453 e. The number of ether oxygens (including phenoxy) is 2. The molecular formula is C21H23N3O4.